The summed E-state index contributed by atoms with van der Waals surface area (Å²) in [6.07, 6.45) is 4.98. The van der Waals surface area contributed by atoms with Crippen molar-refractivity contribution < 1.29 is 9.13 Å². The molecule has 26 heavy (non-hydrogen) atoms. The lowest BCUT2D eigenvalue weighted by Crippen LogP contribution is -1.96. The van der Waals surface area contributed by atoms with Crippen molar-refractivity contribution >= 4 is 11.2 Å². The second-order valence-corrected chi connectivity index (χ2v) is 5.84. The summed E-state index contributed by atoms with van der Waals surface area (Å²) in [4.78, 5) is 8.55. The quantitative estimate of drug-likeness (QED) is 0.554. The summed E-state index contributed by atoms with van der Waals surface area (Å²) in [6, 6.07) is 8.14. The maximum Gasteiger partial charge on any atom is 0.183 e. The molecular weight excluding hydrogens is 333 g/mol. The predicted molar refractivity (Wildman–Crippen MR) is 95.4 cm³/mol. The smallest absolute Gasteiger partial charge is 0.183 e. The van der Waals surface area contributed by atoms with Crippen LogP contribution in [-0.4, -0.2) is 24.7 Å². The number of hydrogen-bond donors (Lipinski definition) is 0. The fourth-order valence-corrected chi connectivity index (χ4v) is 2.77. The van der Waals surface area contributed by atoms with Gasteiger partial charge in [-0.15, -0.1) is 5.10 Å². The maximum absolute atomic E-state index is 14.3. The highest BCUT2D eigenvalue weighted by Crippen LogP contribution is 2.32. The van der Waals surface area contributed by atoms with Gasteiger partial charge in [0.1, 0.15) is 11.3 Å². The molecule has 0 radical (unpaired) electrons. The van der Waals surface area contributed by atoms with Crippen molar-refractivity contribution in [3.63, 3.8) is 0 Å². The zero-order valence-electron chi connectivity index (χ0n) is 14.3. The fraction of sp³-hybridized carbons (Fsp3) is 0.158. The summed E-state index contributed by atoms with van der Waals surface area (Å²) < 4.78 is 21.9. The highest BCUT2D eigenvalue weighted by atomic mass is 19.1. The van der Waals surface area contributed by atoms with Gasteiger partial charge in [0.25, 0.3) is 0 Å². The summed E-state index contributed by atoms with van der Waals surface area (Å²) in [7, 11) is 0. The van der Waals surface area contributed by atoms with Gasteiger partial charge in [-0.2, -0.15) is 5.10 Å². The molecule has 4 aromatic rings. The number of benzene rings is 1. The molecule has 4 rings (SSSR count). The Bertz CT molecular complexity index is 1090. The zero-order chi connectivity index (χ0) is 18.1. The number of imidazole rings is 1. The van der Waals surface area contributed by atoms with Crippen molar-refractivity contribution in [3.8, 4) is 22.6 Å². The van der Waals surface area contributed by atoms with Crippen molar-refractivity contribution in [2.75, 3.05) is 0 Å². The fourth-order valence-electron chi connectivity index (χ4n) is 2.77. The molecule has 0 amide bonds. The van der Waals surface area contributed by atoms with Gasteiger partial charge >= 0.3 is 0 Å². The van der Waals surface area contributed by atoms with E-state index in [1.165, 1.54) is 6.07 Å². The Kier molecular flexibility index (Phi) is 4.04. The van der Waals surface area contributed by atoms with Gasteiger partial charge in [-0.3, -0.25) is 4.98 Å². The molecular formula is C19H16FN5O. The van der Waals surface area contributed by atoms with Crippen molar-refractivity contribution in [1.82, 2.24) is 24.7 Å². The molecule has 0 aliphatic rings. The largest absolute Gasteiger partial charge is 0.454 e. The summed E-state index contributed by atoms with van der Waals surface area (Å²) >= 11 is 0. The Labute approximate surface area is 149 Å². The van der Waals surface area contributed by atoms with Crippen molar-refractivity contribution in [2.24, 2.45) is 0 Å². The van der Waals surface area contributed by atoms with Crippen LogP contribution >= 0.6 is 0 Å². The van der Waals surface area contributed by atoms with E-state index in [0.717, 1.165) is 28.9 Å². The van der Waals surface area contributed by atoms with Crippen LogP contribution in [0, 0.1) is 12.7 Å². The summed E-state index contributed by atoms with van der Waals surface area (Å²) in [5, 5.41) is 8.22. The van der Waals surface area contributed by atoms with E-state index in [1.807, 2.05) is 18.4 Å². The van der Waals surface area contributed by atoms with Gasteiger partial charge < -0.3 is 9.30 Å². The van der Waals surface area contributed by atoms with Crippen LogP contribution in [-0.2, 0) is 6.54 Å². The average molecular weight is 349 g/mol. The number of ether oxygens (including phenoxy) is 1. The second kappa shape index (κ2) is 6.51. The minimum atomic E-state index is -0.444. The van der Waals surface area contributed by atoms with Gasteiger partial charge in [0, 0.05) is 30.1 Å². The Morgan fingerprint density at radius 2 is 2.04 bits per heavy atom. The Morgan fingerprint density at radius 1 is 1.15 bits per heavy atom. The van der Waals surface area contributed by atoms with Gasteiger partial charge in [-0.1, -0.05) is 6.07 Å². The molecule has 6 nitrogen and oxygen atoms in total. The number of aromatic nitrogens is 5. The third kappa shape index (κ3) is 2.88. The van der Waals surface area contributed by atoms with Crippen LogP contribution in [0.4, 0.5) is 4.39 Å². The van der Waals surface area contributed by atoms with Crippen LogP contribution in [0.25, 0.3) is 22.3 Å². The Morgan fingerprint density at radius 3 is 2.85 bits per heavy atom. The van der Waals surface area contributed by atoms with Crippen LogP contribution in [0.3, 0.4) is 0 Å². The number of aryl methyl sites for hydroxylation is 2. The van der Waals surface area contributed by atoms with Crippen molar-refractivity contribution in [2.45, 2.75) is 20.4 Å². The van der Waals surface area contributed by atoms with Crippen molar-refractivity contribution in [1.29, 1.82) is 0 Å². The molecule has 0 atom stereocenters. The highest BCUT2D eigenvalue weighted by Gasteiger charge is 2.14. The lowest BCUT2D eigenvalue weighted by atomic mass is 10.1. The van der Waals surface area contributed by atoms with Crippen LogP contribution < -0.4 is 4.74 Å². The molecule has 0 fully saturated rings. The lowest BCUT2D eigenvalue weighted by Gasteiger charge is -2.09. The van der Waals surface area contributed by atoms with E-state index in [-0.39, 0.29) is 5.75 Å². The van der Waals surface area contributed by atoms with E-state index in [4.69, 9.17) is 4.74 Å². The minimum Gasteiger partial charge on any atom is -0.454 e. The van der Waals surface area contributed by atoms with Crippen LogP contribution in [0.5, 0.6) is 11.5 Å². The lowest BCUT2D eigenvalue weighted by molar-refractivity contribution is 0.441. The molecule has 3 heterocycles. The van der Waals surface area contributed by atoms with Gasteiger partial charge in [-0.25, -0.2) is 9.37 Å². The molecule has 130 valence electrons. The first kappa shape index (κ1) is 16.1. The van der Waals surface area contributed by atoms with Gasteiger partial charge in [0.15, 0.2) is 17.2 Å². The number of hydrogen-bond acceptors (Lipinski definition) is 5. The third-order valence-electron chi connectivity index (χ3n) is 4.08. The molecule has 0 N–H and O–H groups in total. The Hall–Kier alpha value is -3.35. The van der Waals surface area contributed by atoms with Crippen LogP contribution in [0.2, 0.25) is 0 Å². The van der Waals surface area contributed by atoms with Crippen molar-refractivity contribution in [3.05, 3.63) is 60.6 Å². The maximum atomic E-state index is 14.3. The summed E-state index contributed by atoms with van der Waals surface area (Å²) in [5.74, 6) is 0.218. The number of rotatable bonds is 4. The van der Waals surface area contributed by atoms with Gasteiger partial charge in [0.05, 0.1) is 12.5 Å². The molecule has 0 aliphatic carbocycles. The second-order valence-electron chi connectivity index (χ2n) is 5.84. The zero-order valence-corrected chi connectivity index (χ0v) is 14.3. The topological polar surface area (TPSA) is 65.7 Å². The molecule has 0 spiro atoms. The Balaban J connectivity index is 1.78. The SMILES string of the molecule is CCn1cnc2c(-c3ccc(F)c(Oc4ccnc(C)c4)c3)cnnc21. The van der Waals surface area contributed by atoms with E-state index < -0.39 is 5.82 Å². The van der Waals surface area contributed by atoms with E-state index >= 15 is 0 Å². The molecule has 0 saturated carbocycles. The van der Waals surface area contributed by atoms with E-state index in [9.17, 15) is 4.39 Å². The van der Waals surface area contributed by atoms with Gasteiger partial charge in [0.2, 0.25) is 0 Å². The standard InChI is InChI=1S/C19H16FN5O/c1-3-25-11-22-18-15(10-23-24-19(18)25)13-4-5-16(20)17(9-13)26-14-6-7-21-12(2)8-14/h4-11H,3H2,1-2H3. The number of fused-ring (bicyclic) bond motifs is 1. The van der Waals surface area contributed by atoms with E-state index in [2.05, 4.69) is 20.2 Å². The first-order valence-electron chi connectivity index (χ1n) is 8.22. The highest BCUT2D eigenvalue weighted by molar-refractivity contribution is 5.89. The molecule has 0 unspecified atom stereocenters. The molecule has 7 heteroatoms. The summed E-state index contributed by atoms with van der Waals surface area (Å²) in [6.45, 7) is 4.60. The molecule has 0 aliphatic heterocycles. The van der Waals surface area contributed by atoms with Crippen LogP contribution in [0.15, 0.2) is 49.1 Å². The minimum absolute atomic E-state index is 0.132. The average Bonchev–Trinajstić information content (AvgIpc) is 3.07. The third-order valence-corrected chi connectivity index (χ3v) is 4.08. The number of pyridine rings is 1. The molecule has 0 bridgehead atoms. The van der Waals surface area contributed by atoms with Crippen LogP contribution in [0.1, 0.15) is 12.6 Å². The normalized spacial score (nSPS) is 11.0. The van der Waals surface area contributed by atoms with E-state index in [0.29, 0.717) is 11.4 Å². The van der Waals surface area contributed by atoms with Gasteiger partial charge in [-0.05, 0) is 37.6 Å². The molecule has 3 aromatic heterocycles. The van der Waals surface area contributed by atoms with E-state index in [1.54, 1.807) is 43.0 Å². The first-order valence-corrected chi connectivity index (χ1v) is 8.22. The number of nitrogens with zero attached hydrogens (tertiary/aromatic N) is 5. The number of halogens is 1. The monoisotopic (exact) mass is 349 g/mol. The predicted octanol–water partition coefficient (Wildman–Crippen LogP) is 4.15. The summed E-state index contributed by atoms with van der Waals surface area (Å²) in [5.41, 5.74) is 3.75. The molecule has 1 aromatic carbocycles. The first-order chi connectivity index (χ1) is 12.7. The molecule has 0 saturated heterocycles.